The smallest absolute Gasteiger partial charge is 0.136 e. The molecule has 0 spiro atoms. The lowest BCUT2D eigenvalue weighted by molar-refractivity contribution is 0.112. The maximum Gasteiger partial charge on any atom is 0.136 e. The van der Waals surface area contributed by atoms with Gasteiger partial charge in [0.05, 0.1) is 6.17 Å². The lowest BCUT2D eigenvalue weighted by atomic mass is 10.0. The van der Waals surface area contributed by atoms with Crippen molar-refractivity contribution in [2.45, 2.75) is 25.5 Å². The summed E-state index contributed by atoms with van der Waals surface area (Å²) < 4.78 is 14.3. The molecular formula is C22H23FN4. The van der Waals surface area contributed by atoms with Gasteiger partial charge < -0.3 is 10.6 Å². The molecule has 2 atom stereocenters. The minimum Gasteiger partial charge on any atom is -0.339 e. The minimum absolute atomic E-state index is 0.230. The van der Waals surface area contributed by atoms with Crippen LogP contribution in [0.15, 0.2) is 78.9 Å². The Morgan fingerprint density at radius 2 is 1.44 bits per heavy atom. The van der Waals surface area contributed by atoms with Crippen LogP contribution in [-0.4, -0.2) is 11.2 Å². The number of fused-ring (bicyclic) bond motifs is 1. The summed E-state index contributed by atoms with van der Waals surface area (Å²) in [6.07, 6.45) is -0.789. The molecule has 1 aliphatic rings. The molecule has 1 aliphatic heterocycles. The van der Waals surface area contributed by atoms with Crippen molar-refractivity contribution < 1.29 is 4.39 Å². The van der Waals surface area contributed by atoms with Crippen LogP contribution in [0.1, 0.15) is 22.9 Å². The van der Waals surface area contributed by atoms with E-state index in [0.717, 1.165) is 16.8 Å². The van der Waals surface area contributed by atoms with Gasteiger partial charge in [-0.05, 0) is 17.7 Å². The quantitative estimate of drug-likeness (QED) is 0.745. The highest BCUT2D eigenvalue weighted by Crippen LogP contribution is 2.36. The number of nitrogens with zero attached hydrogens (tertiary/aromatic N) is 2. The van der Waals surface area contributed by atoms with Gasteiger partial charge in [0.25, 0.3) is 0 Å². The summed E-state index contributed by atoms with van der Waals surface area (Å²) in [5.41, 5.74) is 16.9. The monoisotopic (exact) mass is 362 g/mol. The van der Waals surface area contributed by atoms with Crippen LogP contribution in [0.3, 0.4) is 0 Å². The van der Waals surface area contributed by atoms with Crippen molar-refractivity contribution in [1.29, 1.82) is 0 Å². The third-order valence-electron chi connectivity index (χ3n) is 5.09. The molecule has 0 radical (unpaired) electrons. The number of hydrogen-bond acceptors (Lipinski definition) is 4. The van der Waals surface area contributed by atoms with Crippen molar-refractivity contribution in [2.24, 2.45) is 11.5 Å². The molecule has 5 heteroatoms. The standard InChI is InChI=1S/C22H23FN4/c23-19-12-6-4-10-17(19)15-26-20-13-7-5-11-18(20)21(24)27(22(26)25)14-16-8-2-1-3-9-16/h1-13,21-22H,14-15,24-25H2. The molecule has 27 heavy (non-hydrogen) atoms. The first kappa shape index (κ1) is 17.7. The number of hydrogen-bond donors (Lipinski definition) is 2. The zero-order chi connectivity index (χ0) is 18.8. The summed E-state index contributed by atoms with van der Waals surface area (Å²) in [6, 6.07) is 24.8. The van der Waals surface area contributed by atoms with Crippen LogP contribution in [0.2, 0.25) is 0 Å². The van der Waals surface area contributed by atoms with Crippen LogP contribution < -0.4 is 16.4 Å². The Morgan fingerprint density at radius 3 is 2.22 bits per heavy atom. The van der Waals surface area contributed by atoms with E-state index in [2.05, 4.69) is 12.1 Å². The van der Waals surface area contributed by atoms with Crippen LogP contribution in [0.25, 0.3) is 0 Å². The van der Waals surface area contributed by atoms with Crippen LogP contribution in [0.4, 0.5) is 10.1 Å². The second-order valence-corrected chi connectivity index (χ2v) is 6.79. The second kappa shape index (κ2) is 7.48. The highest BCUT2D eigenvalue weighted by molar-refractivity contribution is 5.57. The average Bonchev–Trinajstić information content (AvgIpc) is 2.70. The summed E-state index contributed by atoms with van der Waals surface area (Å²) in [4.78, 5) is 4.05. The summed E-state index contributed by atoms with van der Waals surface area (Å²) in [5.74, 6) is -0.230. The van der Waals surface area contributed by atoms with E-state index in [-0.39, 0.29) is 12.0 Å². The Labute approximate surface area is 158 Å². The first-order valence-corrected chi connectivity index (χ1v) is 9.05. The van der Waals surface area contributed by atoms with Gasteiger partial charge in [-0.1, -0.05) is 66.7 Å². The molecule has 0 saturated heterocycles. The van der Waals surface area contributed by atoms with Gasteiger partial charge in [0.15, 0.2) is 0 Å². The van der Waals surface area contributed by atoms with Crippen LogP contribution in [0, 0.1) is 5.82 Å². The molecule has 3 aromatic rings. The number of rotatable bonds is 4. The Bertz CT molecular complexity index is 915. The molecule has 4 N–H and O–H groups in total. The molecule has 1 heterocycles. The molecule has 138 valence electrons. The first-order valence-electron chi connectivity index (χ1n) is 9.05. The molecule has 4 rings (SSSR count). The van der Waals surface area contributed by atoms with Gasteiger partial charge >= 0.3 is 0 Å². The van der Waals surface area contributed by atoms with Gasteiger partial charge in [-0.15, -0.1) is 0 Å². The average molecular weight is 362 g/mol. The number of anilines is 1. The molecule has 0 bridgehead atoms. The lowest BCUT2D eigenvalue weighted by Crippen LogP contribution is -2.59. The molecule has 0 aliphatic carbocycles. The van der Waals surface area contributed by atoms with E-state index in [1.807, 2.05) is 58.3 Å². The Balaban J connectivity index is 1.71. The number of para-hydroxylation sites is 1. The predicted molar refractivity (Wildman–Crippen MR) is 106 cm³/mol. The van der Waals surface area contributed by atoms with Gasteiger partial charge in [0.1, 0.15) is 12.1 Å². The van der Waals surface area contributed by atoms with Gasteiger partial charge in [-0.25, -0.2) is 9.29 Å². The van der Waals surface area contributed by atoms with Gasteiger partial charge in [0.2, 0.25) is 0 Å². The van der Waals surface area contributed by atoms with Crippen LogP contribution in [0.5, 0.6) is 0 Å². The van der Waals surface area contributed by atoms with Crippen molar-refractivity contribution in [3.63, 3.8) is 0 Å². The fraction of sp³-hybridized carbons (Fsp3) is 0.182. The summed E-state index contributed by atoms with van der Waals surface area (Å²) in [7, 11) is 0. The number of nitrogens with two attached hydrogens (primary N) is 2. The van der Waals surface area contributed by atoms with Crippen molar-refractivity contribution in [1.82, 2.24) is 4.90 Å². The van der Waals surface area contributed by atoms with E-state index in [1.165, 1.54) is 6.07 Å². The Morgan fingerprint density at radius 1 is 0.778 bits per heavy atom. The molecule has 0 aromatic heterocycles. The maximum absolute atomic E-state index is 14.3. The number of benzene rings is 3. The molecule has 2 unspecified atom stereocenters. The van der Waals surface area contributed by atoms with Crippen LogP contribution in [-0.2, 0) is 13.1 Å². The number of halogens is 1. The highest BCUT2D eigenvalue weighted by Gasteiger charge is 2.35. The molecule has 0 amide bonds. The fourth-order valence-electron chi connectivity index (χ4n) is 3.64. The van der Waals surface area contributed by atoms with Crippen LogP contribution >= 0.6 is 0 Å². The molecule has 3 aromatic carbocycles. The largest absolute Gasteiger partial charge is 0.339 e. The zero-order valence-electron chi connectivity index (χ0n) is 15.0. The molecule has 0 fully saturated rings. The molecule has 0 saturated carbocycles. The van der Waals surface area contributed by atoms with E-state index >= 15 is 0 Å². The van der Waals surface area contributed by atoms with Gasteiger partial charge in [0, 0.05) is 29.9 Å². The second-order valence-electron chi connectivity index (χ2n) is 6.79. The Hall–Kier alpha value is -2.73. The van der Waals surface area contributed by atoms with Gasteiger partial charge in [-0.3, -0.25) is 5.73 Å². The topological polar surface area (TPSA) is 58.5 Å². The zero-order valence-corrected chi connectivity index (χ0v) is 15.0. The van der Waals surface area contributed by atoms with E-state index in [9.17, 15) is 4.39 Å². The third kappa shape index (κ3) is 3.45. The van der Waals surface area contributed by atoms with E-state index in [0.29, 0.717) is 18.7 Å². The summed E-state index contributed by atoms with van der Waals surface area (Å²) in [6.45, 7) is 0.994. The van der Waals surface area contributed by atoms with Crippen molar-refractivity contribution >= 4 is 5.69 Å². The SMILES string of the molecule is NC1c2ccccc2N(Cc2ccccc2F)C(N)N1Cc1ccccc1. The van der Waals surface area contributed by atoms with Crippen molar-refractivity contribution in [3.05, 3.63) is 101 Å². The lowest BCUT2D eigenvalue weighted by Gasteiger charge is -2.47. The summed E-state index contributed by atoms with van der Waals surface area (Å²) >= 11 is 0. The Kier molecular flexibility index (Phi) is 4.90. The van der Waals surface area contributed by atoms with E-state index in [4.69, 9.17) is 11.5 Å². The minimum atomic E-state index is -0.463. The fourth-order valence-corrected chi connectivity index (χ4v) is 3.64. The summed E-state index contributed by atoms with van der Waals surface area (Å²) in [5, 5.41) is 0. The molecule has 4 nitrogen and oxygen atoms in total. The third-order valence-corrected chi connectivity index (χ3v) is 5.09. The highest BCUT2D eigenvalue weighted by atomic mass is 19.1. The molecular weight excluding hydrogens is 339 g/mol. The maximum atomic E-state index is 14.3. The normalized spacial score (nSPS) is 19.7. The van der Waals surface area contributed by atoms with Crippen molar-refractivity contribution in [2.75, 3.05) is 4.90 Å². The van der Waals surface area contributed by atoms with Gasteiger partial charge in [-0.2, -0.15) is 0 Å². The van der Waals surface area contributed by atoms with E-state index < -0.39 is 6.29 Å². The first-order chi connectivity index (χ1) is 13.1. The van der Waals surface area contributed by atoms with Crippen molar-refractivity contribution in [3.8, 4) is 0 Å². The predicted octanol–water partition coefficient (Wildman–Crippen LogP) is 3.55. The van der Waals surface area contributed by atoms with E-state index in [1.54, 1.807) is 12.1 Å².